The van der Waals surface area contributed by atoms with Gasteiger partial charge in [-0.25, -0.2) is 8.78 Å². The Balaban J connectivity index is 1.37. The topological polar surface area (TPSA) is 38.3 Å². The lowest BCUT2D eigenvalue weighted by molar-refractivity contribution is -0.120. The zero-order chi connectivity index (χ0) is 20.4. The fourth-order valence-electron chi connectivity index (χ4n) is 3.54. The first-order valence-electron chi connectivity index (χ1n) is 9.58. The summed E-state index contributed by atoms with van der Waals surface area (Å²) < 4.78 is 32.7. The minimum absolute atomic E-state index is 0.0488. The summed E-state index contributed by atoms with van der Waals surface area (Å²) in [5, 5.41) is 2.75. The van der Waals surface area contributed by atoms with Crippen LogP contribution >= 0.6 is 0 Å². The Morgan fingerprint density at radius 3 is 2.62 bits per heavy atom. The summed E-state index contributed by atoms with van der Waals surface area (Å²) in [7, 11) is 0. The van der Waals surface area contributed by atoms with E-state index in [9.17, 15) is 13.6 Å². The number of halogens is 2. The van der Waals surface area contributed by atoms with E-state index in [2.05, 4.69) is 18.3 Å². The predicted octanol–water partition coefficient (Wildman–Crippen LogP) is 4.81. The van der Waals surface area contributed by atoms with Crippen molar-refractivity contribution in [2.75, 3.05) is 0 Å². The van der Waals surface area contributed by atoms with Crippen LogP contribution in [0.25, 0.3) is 11.1 Å². The molecule has 0 aromatic heterocycles. The Bertz CT molecular complexity index is 1050. The maximum atomic E-state index is 13.7. The van der Waals surface area contributed by atoms with Crippen LogP contribution < -0.4 is 10.1 Å². The molecule has 0 spiro atoms. The van der Waals surface area contributed by atoms with E-state index in [1.807, 2.05) is 36.4 Å². The maximum Gasteiger partial charge on any atom is 0.224 e. The smallest absolute Gasteiger partial charge is 0.224 e. The molecule has 1 aliphatic heterocycles. The van der Waals surface area contributed by atoms with Crippen LogP contribution in [0.2, 0.25) is 0 Å². The standard InChI is InChI=1S/C24H21F2NO2/c1-15-11-20-12-18(9-10-22(20)29-15)17-7-5-16(6-8-17)14-27-23(28)13-19-3-2-4-21(25)24(19)26/h2-10,12,15H,11,13-14H2,1H3,(H,27,28). The molecule has 148 valence electrons. The number of hydrogen-bond acceptors (Lipinski definition) is 2. The number of rotatable bonds is 5. The summed E-state index contributed by atoms with van der Waals surface area (Å²) in [6.07, 6.45) is 0.934. The average molecular weight is 393 g/mol. The fourth-order valence-corrected chi connectivity index (χ4v) is 3.54. The molecule has 4 rings (SSSR count). The van der Waals surface area contributed by atoms with Crippen LogP contribution in [0.15, 0.2) is 60.7 Å². The van der Waals surface area contributed by atoms with E-state index in [-0.39, 0.29) is 24.0 Å². The fraction of sp³-hybridized carbons (Fsp3) is 0.208. The highest BCUT2D eigenvalue weighted by molar-refractivity contribution is 5.78. The molecule has 1 atom stereocenters. The Morgan fingerprint density at radius 1 is 1.07 bits per heavy atom. The predicted molar refractivity (Wildman–Crippen MR) is 108 cm³/mol. The monoisotopic (exact) mass is 393 g/mol. The molecule has 3 aromatic rings. The molecule has 3 nitrogen and oxygen atoms in total. The summed E-state index contributed by atoms with van der Waals surface area (Å²) in [6, 6.07) is 18.0. The van der Waals surface area contributed by atoms with Gasteiger partial charge >= 0.3 is 0 Å². The molecule has 1 N–H and O–H groups in total. The zero-order valence-electron chi connectivity index (χ0n) is 16.0. The lowest BCUT2D eigenvalue weighted by Gasteiger charge is -2.08. The molecule has 0 saturated heterocycles. The van der Waals surface area contributed by atoms with E-state index < -0.39 is 11.6 Å². The summed E-state index contributed by atoms with van der Waals surface area (Å²) in [6.45, 7) is 2.39. The van der Waals surface area contributed by atoms with Gasteiger partial charge in [-0.15, -0.1) is 0 Å². The van der Waals surface area contributed by atoms with Crippen LogP contribution in [-0.2, 0) is 24.2 Å². The Morgan fingerprint density at radius 2 is 1.83 bits per heavy atom. The molecule has 1 aliphatic rings. The molecule has 0 fully saturated rings. The van der Waals surface area contributed by atoms with Gasteiger partial charge in [-0.05, 0) is 47.4 Å². The van der Waals surface area contributed by atoms with E-state index in [0.717, 1.165) is 34.9 Å². The summed E-state index contributed by atoms with van der Waals surface area (Å²) >= 11 is 0. The first-order chi connectivity index (χ1) is 14.0. The van der Waals surface area contributed by atoms with E-state index in [1.54, 1.807) is 0 Å². The zero-order valence-corrected chi connectivity index (χ0v) is 16.0. The van der Waals surface area contributed by atoms with Crippen LogP contribution in [0.3, 0.4) is 0 Å². The average Bonchev–Trinajstić information content (AvgIpc) is 3.09. The summed E-state index contributed by atoms with van der Waals surface area (Å²) in [5.41, 5.74) is 4.41. The Labute approximate surface area is 168 Å². The highest BCUT2D eigenvalue weighted by Crippen LogP contribution is 2.32. The van der Waals surface area contributed by atoms with Gasteiger partial charge in [0.15, 0.2) is 11.6 Å². The van der Waals surface area contributed by atoms with Crippen molar-refractivity contribution in [3.05, 3.63) is 89.0 Å². The van der Waals surface area contributed by atoms with Crippen molar-refractivity contribution in [2.45, 2.75) is 32.4 Å². The number of carbonyl (C=O) groups excluding carboxylic acids is 1. The number of amides is 1. The third-order valence-corrected chi connectivity index (χ3v) is 5.06. The first kappa shape index (κ1) is 19.1. The van der Waals surface area contributed by atoms with E-state index in [0.29, 0.717) is 6.54 Å². The number of fused-ring (bicyclic) bond motifs is 1. The number of nitrogens with one attached hydrogen (secondary N) is 1. The lowest BCUT2D eigenvalue weighted by atomic mass is 10.00. The first-order valence-corrected chi connectivity index (χ1v) is 9.58. The summed E-state index contributed by atoms with van der Waals surface area (Å²) in [4.78, 5) is 12.1. The number of benzene rings is 3. The quantitative estimate of drug-likeness (QED) is 0.675. The van der Waals surface area contributed by atoms with Gasteiger partial charge in [0.25, 0.3) is 0 Å². The van der Waals surface area contributed by atoms with Crippen molar-refractivity contribution >= 4 is 5.91 Å². The molecule has 1 amide bonds. The van der Waals surface area contributed by atoms with Crippen LogP contribution in [0.5, 0.6) is 5.75 Å². The molecule has 0 bridgehead atoms. The number of hydrogen-bond donors (Lipinski definition) is 1. The van der Waals surface area contributed by atoms with E-state index in [1.165, 1.54) is 17.7 Å². The molecule has 0 aliphatic carbocycles. The van der Waals surface area contributed by atoms with Gasteiger partial charge in [0.05, 0.1) is 6.42 Å². The van der Waals surface area contributed by atoms with Crippen molar-refractivity contribution < 1.29 is 18.3 Å². The minimum atomic E-state index is -0.971. The second-order valence-corrected chi connectivity index (χ2v) is 7.32. The van der Waals surface area contributed by atoms with Gasteiger partial charge in [-0.2, -0.15) is 0 Å². The van der Waals surface area contributed by atoms with Gasteiger partial charge in [-0.1, -0.05) is 42.5 Å². The van der Waals surface area contributed by atoms with Gasteiger partial charge < -0.3 is 10.1 Å². The Hall–Kier alpha value is -3.21. The van der Waals surface area contributed by atoms with E-state index >= 15 is 0 Å². The SMILES string of the molecule is CC1Cc2cc(-c3ccc(CNC(=O)Cc4cccc(F)c4F)cc3)ccc2O1. The lowest BCUT2D eigenvalue weighted by Crippen LogP contribution is -2.25. The van der Waals surface area contributed by atoms with E-state index in [4.69, 9.17) is 4.74 Å². The van der Waals surface area contributed by atoms with Gasteiger partial charge in [0.1, 0.15) is 11.9 Å². The van der Waals surface area contributed by atoms with Crippen LogP contribution in [0, 0.1) is 11.6 Å². The van der Waals surface area contributed by atoms with Crippen molar-refractivity contribution in [2.24, 2.45) is 0 Å². The highest BCUT2D eigenvalue weighted by Gasteiger charge is 2.19. The summed E-state index contributed by atoms with van der Waals surface area (Å²) in [5.74, 6) is -1.32. The molecule has 0 radical (unpaired) electrons. The molecule has 0 saturated carbocycles. The second-order valence-electron chi connectivity index (χ2n) is 7.32. The Kier molecular flexibility index (Phi) is 5.30. The van der Waals surface area contributed by atoms with Crippen molar-refractivity contribution in [3.63, 3.8) is 0 Å². The minimum Gasteiger partial charge on any atom is -0.490 e. The molecule has 1 unspecified atom stereocenters. The molecule has 29 heavy (non-hydrogen) atoms. The van der Waals surface area contributed by atoms with Crippen LogP contribution in [0.4, 0.5) is 8.78 Å². The maximum absolute atomic E-state index is 13.7. The number of ether oxygens (including phenoxy) is 1. The molecular formula is C24H21F2NO2. The molecule has 3 aromatic carbocycles. The van der Waals surface area contributed by atoms with Crippen molar-refractivity contribution in [1.82, 2.24) is 5.32 Å². The largest absolute Gasteiger partial charge is 0.490 e. The van der Waals surface area contributed by atoms with Crippen LogP contribution in [-0.4, -0.2) is 12.0 Å². The molecule has 1 heterocycles. The second kappa shape index (κ2) is 8.03. The van der Waals surface area contributed by atoms with Crippen molar-refractivity contribution in [3.8, 4) is 16.9 Å². The molecule has 5 heteroatoms. The van der Waals surface area contributed by atoms with Crippen LogP contribution in [0.1, 0.15) is 23.6 Å². The third kappa shape index (κ3) is 4.29. The van der Waals surface area contributed by atoms with Gasteiger partial charge in [0, 0.05) is 18.5 Å². The normalized spacial score (nSPS) is 14.9. The third-order valence-electron chi connectivity index (χ3n) is 5.06. The number of carbonyl (C=O) groups is 1. The van der Waals surface area contributed by atoms with Crippen molar-refractivity contribution in [1.29, 1.82) is 0 Å². The highest BCUT2D eigenvalue weighted by atomic mass is 19.2. The van der Waals surface area contributed by atoms with Gasteiger partial charge in [0.2, 0.25) is 5.91 Å². The van der Waals surface area contributed by atoms with Gasteiger partial charge in [-0.3, -0.25) is 4.79 Å². The molecular weight excluding hydrogens is 372 g/mol.